The van der Waals surface area contributed by atoms with Crippen molar-refractivity contribution >= 4 is 44.8 Å². The SMILES string of the molecule is Cl/C=C/CNc1cc(Cl)ccc1Br. The highest BCUT2D eigenvalue weighted by Gasteiger charge is 1.98. The van der Waals surface area contributed by atoms with Crippen LogP contribution in [0.4, 0.5) is 5.69 Å². The molecule has 0 aliphatic heterocycles. The van der Waals surface area contributed by atoms with Crippen molar-refractivity contribution in [1.29, 1.82) is 0 Å². The molecular formula is C9H8BrCl2N. The highest BCUT2D eigenvalue weighted by molar-refractivity contribution is 9.10. The summed E-state index contributed by atoms with van der Waals surface area (Å²) in [5, 5.41) is 3.86. The van der Waals surface area contributed by atoms with E-state index in [1.54, 1.807) is 0 Å². The number of rotatable bonds is 3. The summed E-state index contributed by atoms with van der Waals surface area (Å²) in [5.41, 5.74) is 2.44. The van der Waals surface area contributed by atoms with Crippen LogP contribution in [0.3, 0.4) is 0 Å². The first-order valence-corrected chi connectivity index (χ1v) is 5.29. The Kier molecular flexibility index (Phi) is 4.64. The average Bonchev–Trinajstić information content (AvgIpc) is 2.11. The van der Waals surface area contributed by atoms with E-state index in [9.17, 15) is 0 Å². The van der Waals surface area contributed by atoms with E-state index in [1.165, 1.54) is 5.54 Å². The summed E-state index contributed by atoms with van der Waals surface area (Å²) >= 11 is 14.6. The van der Waals surface area contributed by atoms with Gasteiger partial charge in [-0.15, -0.1) is 0 Å². The molecule has 0 aromatic heterocycles. The zero-order chi connectivity index (χ0) is 9.68. The molecule has 1 aromatic rings. The minimum atomic E-state index is 0.683. The normalized spacial score (nSPS) is 10.7. The third-order valence-corrected chi connectivity index (χ3v) is 2.53. The van der Waals surface area contributed by atoms with Gasteiger partial charge in [0.25, 0.3) is 0 Å². The molecule has 0 aliphatic rings. The van der Waals surface area contributed by atoms with Gasteiger partial charge < -0.3 is 5.32 Å². The second-order valence-electron chi connectivity index (χ2n) is 2.37. The minimum Gasteiger partial charge on any atom is -0.381 e. The van der Waals surface area contributed by atoms with Crippen LogP contribution in [0.25, 0.3) is 0 Å². The van der Waals surface area contributed by atoms with Crippen molar-refractivity contribution < 1.29 is 0 Å². The monoisotopic (exact) mass is 279 g/mol. The topological polar surface area (TPSA) is 12.0 Å². The molecule has 0 amide bonds. The summed E-state index contributed by atoms with van der Waals surface area (Å²) in [5.74, 6) is 0. The predicted molar refractivity (Wildman–Crippen MR) is 62.6 cm³/mol. The Bertz CT molecular complexity index is 312. The van der Waals surface area contributed by atoms with Gasteiger partial charge in [-0.25, -0.2) is 0 Å². The lowest BCUT2D eigenvalue weighted by Gasteiger charge is -2.05. The van der Waals surface area contributed by atoms with Crippen molar-refractivity contribution in [3.63, 3.8) is 0 Å². The molecule has 0 fully saturated rings. The maximum absolute atomic E-state index is 5.82. The van der Waals surface area contributed by atoms with Gasteiger partial charge in [-0.3, -0.25) is 0 Å². The number of anilines is 1. The van der Waals surface area contributed by atoms with Gasteiger partial charge in [0.05, 0.1) is 5.69 Å². The van der Waals surface area contributed by atoms with Crippen LogP contribution >= 0.6 is 39.1 Å². The number of halogens is 3. The van der Waals surface area contributed by atoms with Crippen LogP contribution in [0.1, 0.15) is 0 Å². The van der Waals surface area contributed by atoms with E-state index >= 15 is 0 Å². The fourth-order valence-electron chi connectivity index (χ4n) is 0.846. The standard InChI is InChI=1S/C9H8BrCl2N/c10-8-3-2-7(12)6-9(8)13-5-1-4-11/h1-4,6,13H,5H2/b4-1+. The number of hydrogen-bond donors (Lipinski definition) is 1. The van der Waals surface area contributed by atoms with Crippen LogP contribution in [-0.4, -0.2) is 6.54 Å². The minimum absolute atomic E-state index is 0.683. The van der Waals surface area contributed by atoms with E-state index < -0.39 is 0 Å². The van der Waals surface area contributed by atoms with Crippen molar-refractivity contribution in [3.8, 4) is 0 Å². The van der Waals surface area contributed by atoms with Crippen molar-refractivity contribution in [2.75, 3.05) is 11.9 Å². The van der Waals surface area contributed by atoms with Crippen LogP contribution in [0.5, 0.6) is 0 Å². The van der Waals surface area contributed by atoms with Gasteiger partial charge in [0.15, 0.2) is 0 Å². The molecule has 0 atom stereocenters. The van der Waals surface area contributed by atoms with Crippen LogP contribution in [0.15, 0.2) is 34.3 Å². The lowest BCUT2D eigenvalue weighted by molar-refractivity contribution is 1.33. The summed E-state index contributed by atoms with van der Waals surface area (Å²) in [6, 6.07) is 5.58. The molecule has 1 nitrogen and oxygen atoms in total. The molecule has 0 saturated carbocycles. The molecule has 13 heavy (non-hydrogen) atoms. The van der Waals surface area contributed by atoms with E-state index in [0.717, 1.165) is 10.2 Å². The predicted octanol–water partition coefficient (Wildman–Crippen LogP) is 4.27. The van der Waals surface area contributed by atoms with E-state index in [2.05, 4.69) is 21.2 Å². The Balaban J connectivity index is 2.69. The van der Waals surface area contributed by atoms with Gasteiger partial charge in [0.2, 0.25) is 0 Å². The van der Waals surface area contributed by atoms with Gasteiger partial charge in [0, 0.05) is 21.6 Å². The van der Waals surface area contributed by atoms with Crippen LogP contribution in [0.2, 0.25) is 5.02 Å². The van der Waals surface area contributed by atoms with Gasteiger partial charge >= 0.3 is 0 Å². The summed E-state index contributed by atoms with van der Waals surface area (Å²) in [6.45, 7) is 0.683. The first-order chi connectivity index (χ1) is 6.24. The first-order valence-electron chi connectivity index (χ1n) is 3.68. The number of nitrogens with one attached hydrogen (secondary N) is 1. The van der Waals surface area contributed by atoms with Crippen LogP contribution in [0, 0.1) is 0 Å². The van der Waals surface area contributed by atoms with Crippen LogP contribution < -0.4 is 5.32 Å². The van der Waals surface area contributed by atoms with Crippen molar-refractivity contribution in [2.45, 2.75) is 0 Å². The molecule has 0 aliphatic carbocycles. The first kappa shape index (κ1) is 10.9. The van der Waals surface area contributed by atoms with Crippen molar-refractivity contribution in [2.24, 2.45) is 0 Å². The average molecular weight is 281 g/mol. The van der Waals surface area contributed by atoms with E-state index in [1.807, 2.05) is 24.3 Å². The molecule has 1 aromatic carbocycles. The summed E-state index contributed by atoms with van der Waals surface area (Å²) in [6.07, 6.45) is 1.81. The summed E-state index contributed by atoms with van der Waals surface area (Å²) in [7, 11) is 0. The Labute approximate surface area is 95.9 Å². The van der Waals surface area contributed by atoms with Gasteiger partial charge in [-0.05, 0) is 34.1 Å². The van der Waals surface area contributed by atoms with Gasteiger partial charge in [0.1, 0.15) is 0 Å². The van der Waals surface area contributed by atoms with Gasteiger partial charge in [-0.1, -0.05) is 29.3 Å². The molecule has 0 heterocycles. The highest BCUT2D eigenvalue weighted by Crippen LogP contribution is 2.25. The summed E-state index contributed by atoms with van der Waals surface area (Å²) < 4.78 is 0.986. The quantitative estimate of drug-likeness (QED) is 0.872. The maximum Gasteiger partial charge on any atom is 0.0502 e. The third-order valence-electron chi connectivity index (χ3n) is 1.43. The largest absolute Gasteiger partial charge is 0.381 e. The molecule has 0 unspecified atom stereocenters. The second kappa shape index (κ2) is 5.53. The molecule has 4 heteroatoms. The van der Waals surface area contributed by atoms with E-state index in [4.69, 9.17) is 23.2 Å². The molecular weight excluding hydrogens is 273 g/mol. The maximum atomic E-state index is 5.82. The zero-order valence-electron chi connectivity index (χ0n) is 6.73. The number of benzene rings is 1. The zero-order valence-corrected chi connectivity index (χ0v) is 9.83. The molecule has 0 radical (unpaired) electrons. The van der Waals surface area contributed by atoms with Crippen molar-refractivity contribution in [3.05, 3.63) is 39.3 Å². The summed E-state index contributed by atoms with van der Waals surface area (Å²) in [4.78, 5) is 0. The lowest BCUT2D eigenvalue weighted by atomic mass is 10.3. The molecule has 0 saturated heterocycles. The fourth-order valence-corrected chi connectivity index (χ4v) is 1.49. The lowest BCUT2D eigenvalue weighted by Crippen LogP contribution is -1.98. The smallest absolute Gasteiger partial charge is 0.0502 e. The van der Waals surface area contributed by atoms with E-state index in [-0.39, 0.29) is 0 Å². The Morgan fingerprint density at radius 2 is 2.23 bits per heavy atom. The number of hydrogen-bond acceptors (Lipinski definition) is 1. The fraction of sp³-hybridized carbons (Fsp3) is 0.111. The molecule has 1 N–H and O–H groups in total. The molecule has 0 spiro atoms. The molecule has 70 valence electrons. The van der Waals surface area contributed by atoms with Gasteiger partial charge in [-0.2, -0.15) is 0 Å². The molecule has 0 bridgehead atoms. The van der Waals surface area contributed by atoms with Crippen LogP contribution in [-0.2, 0) is 0 Å². The third kappa shape index (κ3) is 3.59. The Morgan fingerprint density at radius 1 is 1.46 bits per heavy atom. The Hall–Kier alpha value is -0.180. The van der Waals surface area contributed by atoms with E-state index in [0.29, 0.717) is 11.6 Å². The molecule has 1 rings (SSSR count). The van der Waals surface area contributed by atoms with Crippen molar-refractivity contribution in [1.82, 2.24) is 0 Å². The highest BCUT2D eigenvalue weighted by atomic mass is 79.9. The second-order valence-corrected chi connectivity index (χ2v) is 3.91. The Morgan fingerprint density at radius 3 is 2.92 bits per heavy atom.